The Bertz CT molecular complexity index is 1390. The van der Waals surface area contributed by atoms with Gasteiger partial charge < -0.3 is 15.0 Å². The van der Waals surface area contributed by atoms with Gasteiger partial charge in [0.15, 0.2) is 11.6 Å². The number of aryl methyl sites for hydroxylation is 2. The lowest BCUT2D eigenvalue weighted by atomic mass is 9.94. The van der Waals surface area contributed by atoms with Crippen molar-refractivity contribution in [3.05, 3.63) is 71.4 Å². The number of nitrogens with one attached hydrogen (secondary N) is 3. The van der Waals surface area contributed by atoms with Crippen LogP contribution >= 0.6 is 11.9 Å². The number of aromatic nitrogens is 2. The maximum absolute atomic E-state index is 13.6. The van der Waals surface area contributed by atoms with Crippen LogP contribution < -0.4 is 10.0 Å². The highest BCUT2D eigenvalue weighted by Gasteiger charge is 2.30. The van der Waals surface area contributed by atoms with Gasteiger partial charge in [-0.3, -0.25) is 4.79 Å². The summed E-state index contributed by atoms with van der Waals surface area (Å²) in [6, 6.07) is 12.1. The van der Waals surface area contributed by atoms with Gasteiger partial charge in [-0.2, -0.15) is 0 Å². The highest BCUT2D eigenvalue weighted by atomic mass is 32.2. The smallest absolute Gasteiger partial charge is 0.228 e. The predicted octanol–water partition coefficient (Wildman–Crippen LogP) is 7.10. The van der Waals surface area contributed by atoms with Crippen molar-refractivity contribution in [2.45, 2.75) is 44.4 Å². The molecule has 3 N–H and O–H groups in total. The van der Waals surface area contributed by atoms with Crippen LogP contribution in [0.3, 0.4) is 0 Å². The summed E-state index contributed by atoms with van der Waals surface area (Å²) in [5.41, 5.74) is 5.95. The summed E-state index contributed by atoms with van der Waals surface area (Å²) in [6.45, 7) is 4.18. The molecule has 0 saturated heterocycles. The van der Waals surface area contributed by atoms with Crippen LogP contribution in [0.2, 0.25) is 0 Å². The molecule has 35 heavy (non-hydrogen) atoms. The molecule has 0 unspecified atom stereocenters. The minimum Gasteiger partial charge on any atom is -0.346 e. The number of hydrogen-bond donors (Lipinski definition) is 3. The van der Waals surface area contributed by atoms with Crippen molar-refractivity contribution in [2.75, 3.05) is 10.0 Å². The van der Waals surface area contributed by atoms with E-state index in [2.05, 4.69) is 46.0 Å². The quantitative estimate of drug-likeness (QED) is 0.230. The summed E-state index contributed by atoms with van der Waals surface area (Å²) >= 11 is 1.26. The molecule has 8 heteroatoms. The molecule has 1 aliphatic carbocycles. The minimum absolute atomic E-state index is 0.0200. The SMILES string of the molecule is CCc1cc(-c2cc(NC(=O)C3CC3)nc3[nH]ccc23)cc(CC)c1NSc1ccc(F)c(F)c1. The Balaban J connectivity index is 1.51. The molecule has 1 aliphatic rings. The van der Waals surface area contributed by atoms with Crippen LogP contribution in [0.15, 0.2) is 53.6 Å². The van der Waals surface area contributed by atoms with Gasteiger partial charge in [0.25, 0.3) is 0 Å². The van der Waals surface area contributed by atoms with E-state index in [-0.39, 0.29) is 11.8 Å². The van der Waals surface area contributed by atoms with E-state index in [1.54, 1.807) is 6.07 Å². The Labute approximate surface area is 206 Å². The highest BCUT2D eigenvalue weighted by molar-refractivity contribution is 8.00. The molecule has 0 radical (unpaired) electrons. The van der Waals surface area contributed by atoms with E-state index < -0.39 is 11.6 Å². The molecule has 5 nitrogen and oxygen atoms in total. The fourth-order valence-electron chi connectivity index (χ4n) is 4.18. The number of rotatable bonds is 8. The molecule has 180 valence electrons. The minimum atomic E-state index is -0.864. The van der Waals surface area contributed by atoms with Crippen LogP contribution in [-0.2, 0) is 17.6 Å². The van der Waals surface area contributed by atoms with E-state index in [1.165, 1.54) is 18.0 Å². The molecule has 2 aromatic carbocycles. The van der Waals surface area contributed by atoms with Crippen LogP contribution in [0.4, 0.5) is 20.3 Å². The fraction of sp³-hybridized carbons (Fsp3) is 0.259. The molecule has 1 fully saturated rings. The second kappa shape index (κ2) is 9.70. The number of benzene rings is 2. The van der Waals surface area contributed by atoms with Gasteiger partial charge in [-0.15, -0.1) is 0 Å². The van der Waals surface area contributed by atoms with E-state index in [1.807, 2.05) is 18.3 Å². The molecule has 1 amide bonds. The lowest BCUT2D eigenvalue weighted by Gasteiger charge is -2.18. The zero-order chi connectivity index (χ0) is 24.5. The van der Waals surface area contributed by atoms with Crippen LogP contribution in [0, 0.1) is 17.6 Å². The first-order chi connectivity index (χ1) is 17.0. The number of carbonyl (C=O) groups is 1. The molecule has 0 atom stereocenters. The molecular formula is C27H26F2N4OS. The molecule has 2 heterocycles. The number of amides is 1. The molecule has 2 aromatic heterocycles. The van der Waals surface area contributed by atoms with Gasteiger partial charge in [0.1, 0.15) is 11.5 Å². The van der Waals surface area contributed by atoms with E-state index in [9.17, 15) is 13.6 Å². The first kappa shape index (κ1) is 23.4. The topological polar surface area (TPSA) is 69.8 Å². The monoisotopic (exact) mass is 492 g/mol. The molecular weight excluding hydrogens is 466 g/mol. The number of carbonyl (C=O) groups excluding carboxylic acids is 1. The predicted molar refractivity (Wildman–Crippen MR) is 137 cm³/mol. The number of fused-ring (bicyclic) bond motifs is 1. The summed E-state index contributed by atoms with van der Waals surface area (Å²) < 4.78 is 30.3. The molecule has 0 aliphatic heterocycles. The first-order valence-electron chi connectivity index (χ1n) is 11.8. The third-order valence-electron chi connectivity index (χ3n) is 6.26. The number of H-pyrrole nitrogens is 1. The highest BCUT2D eigenvalue weighted by Crippen LogP contribution is 2.37. The van der Waals surface area contributed by atoms with E-state index in [4.69, 9.17) is 0 Å². The van der Waals surface area contributed by atoms with Gasteiger partial charge in [0, 0.05) is 22.4 Å². The van der Waals surface area contributed by atoms with Gasteiger partial charge in [0.05, 0.1) is 5.69 Å². The average molecular weight is 493 g/mol. The fourth-order valence-corrected chi connectivity index (χ4v) is 4.96. The van der Waals surface area contributed by atoms with Crippen LogP contribution in [0.1, 0.15) is 37.8 Å². The summed E-state index contributed by atoms with van der Waals surface area (Å²) in [5.74, 6) is -1.07. The third-order valence-corrected chi connectivity index (χ3v) is 7.06. The molecule has 4 aromatic rings. The van der Waals surface area contributed by atoms with Crippen molar-refractivity contribution in [3.8, 4) is 11.1 Å². The van der Waals surface area contributed by atoms with Crippen molar-refractivity contribution in [1.82, 2.24) is 9.97 Å². The number of hydrogen-bond acceptors (Lipinski definition) is 4. The Morgan fingerprint density at radius 1 is 1.06 bits per heavy atom. The normalized spacial score (nSPS) is 13.3. The summed E-state index contributed by atoms with van der Waals surface area (Å²) in [5, 5.41) is 3.95. The summed E-state index contributed by atoms with van der Waals surface area (Å²) in [6.07, 6.45) is 5.28. The van der Waals surface area contributed by atoms with E-state index in [0.717, 1.165) is 70.7 Å². The second-order valence-electron chi connectivity index (χ2n) is 8.72. The number of anilines is 2. The Morgan fingerprint density at radius 2 is 1.80 bits per heavy atom. The van der Waals surface area contributed by atoms with Crippen molar-refractivity contribution in [3.63, 3.8) is 0 Å². The maximum Gasteiger partial charge on any atom is 0.228 e. The second-order valence-corrected chi connectivity index (χ2v) is 9.59. The number of pyridine rings is 1. The summed E-state index contributed by atoms with van der Waals surface area (Å²) in [4.78, 5) is 20.7. The largest absolute Gasteiger partial charge is 0.346 e. The zero-order valence-electron chi connectivity index (χ0n) is 19.5. The van der Waals surface area contributed by atoms with Gasteiger partial charge in [-0.1, -0.05) is 13.8 Å². The zero-order valence-corrected chi connectivity index (χ0v) is 20.4. The third kappa shape index (κ3) is 4.89. The van der Waals surface area contributed by atoms with E-state index >= 15 is 0 Å². The van der Waals surface area contributed by atoms with Crippen LogP contribution in [0.25, 0.3) is 22.2 Å². The molecule has 1 saturated carbocycles. The van der Waals surface area contributed by atoms with Gasteiger partial charge in [-0.25, -0.2) is 13.8 Å². The number of halogens is 2. The molecule has 0 spiro atoms. The first-order valence-corrected chi connectivity index (χ1v) is 12.6. The number of aromatic amines is 1. The maximum atomic E-state index is 13.6. The van der Waals surface area contributed by atoms with Crippen molar-refractivity contribution in [2.24, 2.45) is 5.92 Å². The van der Waals surface area contributed by atoms with Crippen molar-refractivity contribution < 1.29 is 13.6 Å². The molecule has 0 bridgehead atoms. The lowest BCUT2D eigenvalue weighted by molar-refractivity contribution is -0.117. The Morgan fingerprint density at radius 3 is 2.46 bits per heavy atom. The number of nitrogens with zero attached hydrogens (tertiary/aromatic N) is 1. The average Bonchev–Trinajstić information content (AvgIpc) is 3.61. The van der Waals surface area contributed by atoms with Crippen molar-refractivity contribution in [1.29, 1.82) is 0 Å². The van der Waals surface area contributed by atoms with Gasteiger partial charge >= 0.3 is 0 Å². The Hall–Kier alpha value is -3.39. The van der Waals surface area contributed by atoms with Gasteiger partial charge in [-0.05, 0) is 102 Å². The van der Waals surface area contributed by atoms with E-state index in [0.29, 0.717) is 10.7 Å². The van der Waals surface area contributed by atoms with Crippen LogP contribution in [-0.4, -0.2) is 15.9 Å². The standard InChI is InChI=1S/C27H26F2N4OS/c1-3-15-11-18(12-16(4-2)25(15)33-35-19-7-8-22(28)23(29)13-19)21-14-24(32-27(34)17-5-6-17)31-26-20(21)9-10-30-26/h7-14,17,33H,3-6H2,1-2H3,(H2,30,31,32,34). The van der Waals surface area contributed by atoms with Gasteiger partial charge in [0.2, 0.25) is 5.91 Å². The van der Waals surface area contributed by atoms with Crippen molar-refractivity contribution >= 4 is 40.4 Å². The van der Waals surface area contributed by atoms with Crippen LogP contribution in [0.5, 0.6) is 0 Å². The lowest BCUT2D eigenvalue weighted by Crippen LogP contribution is -2.14. The Kier molecular flexibility index (Phi) is 6.47. The molecule has 5 rings (SSSR count). The summed E-state index contributed by atoms with van der Waals surface area (Å²) in [7, 11) is 0.